The molecule has 1 unspecified atom stereocenters. The molecular weight excluding hydrogens is 238 g/mol. The normalized spacial score (nSPS) is 12.6. The van der Waals surface area contributed by atoms with Crippen LogP contribution in [0.2, 0.25) is 0 Å². The molecule has 2 aromatic heterocycles. The van der Waals surface area contributed by atoms with Crippen molar-refractivity contribution in [3.8, 4) is 0 Å². The van der Waals surface area contributed by atoms with Gasteiger partial charge in [-0.1, -0.05) is 0 Å². The highest BCUT2D eigenvalue weighted by Crippen LogP contribution is 2.20. The van der Waals surface area contributed by atoms with E-state index in [-0.39, 0.29) is 6.04 Å². The maximum absolute atomic E-state index is 4.44. The van der Waals surface area contributed by atoms with Crippen molar-refractivity contribution < 1.29 is 0 Å². The van der Waals surface area contributed by atoms with E-state index in [1.165, 1.54) is 5.56 Å². The Balaban J connectivity index is 2.27. The first kappa shape index (κ1) is 13.7. The molecule has 1 atom stereocenters. The van der Waals surface area contributed by atoms with E-state index in [2.05, 4.69) is 38.1 Å². The minimum absolute atomic E-state index is 0.210. The topological polar surface area (TPSA) is 55.6 Å². The van der Waals surface area contributed by atoms with Crippen molar-refractivity contribution in [2.24, 2.45) is 0 Å². The molecule has 0 amide bonds. The third-order valence-electron chi connectivity index (χ3n) is 3.39. The third kappa shape index (κ3) is 2.98. The van der Waals surface area contributed by atoms with Gasteiger partial charge in [-0.3, -0.25) is 0 Å². The molecule has 0 aliphatic rings. The quantitative estimate of drug-likeness (QED) is 0.889. The number of rotatable bonds is 5. The second-order valence-corrected chi connectivity index (χ2v) is 4.70. The highest BCUT2D eigenvalue weighted by molar-refractivity contribution is 5.24. The molecular formula is C14H21N5. The predicted molar refractivity (Wildman–Crippen MR) is 74.9 cm³/mol. The predicted octanol–water partition coefficient (Wildman–Crippen LogP) is 1.81. The Labute approximate surface area is 114 Å². The van der Waals surface area contributed by atoms with Gasteiger partial charge in [-0.2, -0.15) is 10.2 Å². The third-order valence-corrected chi connectivity index (χ3v) is 3.39. The van der Waals surface area contributed by atoms with Crippen LogP contribution in [0.5, 0.6) is 0 Å². The summed E-state index contributed by atoms with van der Waals surface area (Å²) in [6, 6.07) is 2.31. The summed E-state index contributed by atoms with van der Waals surface area (Å²) in [5.74, 6) is 1.09. The van der Waals surface area contributed by atoms with Crippen molar-refractivity contribution in [1.29, 1.82) is 0 Å². The van der Waals surface area contributed by atoms with Crippen LogP contribution in [0.25, 0.3) is 0 Å². The summed E-state index contributed by atoms with van der Waals surface area (Å²) in [5, 5.41) is 11.6. The largest absolute Gasteiger partial charge is 0.335 e. The van der Waals surface area contributed by atoms with Crippen LogP contribution in [0.3, 0.4) is 0 Å². The smallest absolute Gasteiger partial charge is 0.110 e. The summed E-state index contributed by atoms with van der Waals surface area (Å²) >= 11 is 0. The molecule has 0 spiro atoms. The van der Waals surface area contributed by atoms with Crippen LogP contribution < -0.4 is 5.32 Å². The lowest BCUT2D eigenvalue weighted by molar-refractivity contribution is 0.546. The number of likely N-dealkylation sites (N-methyl/N-ethyl adjacent to an activating group) is 1. The summed E-state index contributed by atoms with van der Waals surface area (Å²) in [6.07, 6.45) is 4.72. The molecule has 19 heavy (non-hydrogen) atoms. The number of hydrogen-bond donors (Lipinski definition) is 1. The Morgan fingerprint density at radius 2 is 2.11 bits per heavy atom. The average molecular weight is 259 g/mol. The Hall–Kier alpha value is -1.75. The fraction of sp³-hybridized carbons (Fsp3) is 0.500. The zero-order chi connectivity index (χ0) is 13.8. The van der Waals surface area contributed by atoms with Crippen molar-refractivity contribution in [3.63, 3.8) is 0 Å². The van der Waals surface area contributed by atoms with Crippen LogP contribution in [-0.4, -0.2) is 26.8 Å². The fourth-order valence-corrected chi connectivity index (χ4v) is 2.29. The minimum Gasteiger partial charge on any atom is -0.335 e. The van der Waals surface area contributed by atoms with Crippen LogP contribution in [-0.2, 0) is 13.0 Å². The van der Waals surface area contributed by atoms with Gasteiger partial charge in [0.15, 0.2) is 0 Å². The van der Waals surface area contributed by atoms with E-state index in [1.807, 2.05) is 33.3 Å². The van der Waals surface area contributed by atoms with Crippen molar-refractivity contribution in [2.45, 2.75) is 39.8 Å². The Bertz CT molecular complexity index is 547. The van der Waals surface area contributed by atoms with E-state index in [0.717, 1.165) is 30.2 Å². The standard InChI is InChI=1S/C14H21N5/c1-5-19-7-6-16-14(19)9-13(15-4)12-8-10(2)17-18-11(12)3/h6-8,13,15H,5,9H2,1-4H3. The lowest BCUT2D eigenvalue weighted by Gasteiger charge is -2.18. The maximum atomic E-state index is 4.44. The maximum Gasteiger partial charge on any atom is 0.110 e. The van der Waals surface area contributed by atoms with E-state index in [0.29, 0.717) is 0 Å². The van der Waals surface area contributed by atoms with Crippen molar-refractivity contribution in [1.82, 2.24) is 25.1 Å². The Kier molecular flexibility index (Phi) is 4.27. The highest BCUT2D eigenvalue weighted by atomic mass is 15.1. The first-order valence-electron chi connectivity index (χ1n) is 6.63. The van der Waals surface area contributed by atoms with E-state index >= 15 is 0 Å². The van der Waals surface area contributed by atoms with Crippen LogP contribution >= 0.6 is 0 Å². The molecule has 0 saturated carbocycles. The zero-order valence-corrected chi connectivity index (χ0v) is 12.0. The molecule has 2 heterocycles. The number of aromatic nitrogens is 4. The summed E-state index contributed by atoms with van der Waals surface area (Å²) in [4.78, 5) is 4.44. The minimum atomic E-state index is 0.210. The second kappa shape index (κ2) is 5.93. The second-order valence-electron chi connectivity index (χ2n) is 4.70. The Morgan fingerprint density at radius 3 is 2.79 bits per heavy atom. The monoisotopic (exact) mass is 259 g/mol. The van der Waals surface area contributed by atoms with Crippen molar-refractivity contribution in [2.75, 3.05) is 7.05 Å². The highest BCUT2D eigenvalue weighted by Gasteiger charge is 2.16. The van der Waals surface area contributed by atoms with Crippen LogP contribution in [0.4, 0.5) is 0 Å². The molecule has 2 aromatic rings. The molecule has 2 rings (SSSR count). The first-order chi connectivity index (χ1) is 9.15. The number of aryl methyl sites for hydroxylation is 3. The van der Waals surface area contributed by atoms with Gasteiger partial charge in [-0.05, 0) is 39.4 Å². The number of imidazole rings is 1. The molecule has 0 bridgehead atoms. The van der Waals surface area contributed by atoms with Gasteiger partial charge in [-0.25, -0.2) is 4.98 Å². The van der Waals surface area contributed by atoms with E-state index in [1.54, 1.807) is 0 Å². The van der Waals surface area contributed by atoms with Gasteiger partial charge in [0.05, 0.1) is 11.4 Å². The summed E-state index contributed by atoms with van der Waals surface area (Å²) in [5.41, 5.74) is 3.11. The molecule has 0 fully saturated rings. The first-order valence-corrected chi connectivity index (χ1v) is 6.63. The van der Waals surface area contributed by atoms with Gasteiger partial charge in [0.2, 0.25) is 0 Å². The molecule has 0 aromatic carbocycles. The van der Waals surface area contributed by atoms with Crippen LogP contribution in [0.15, 0.2) is 18.5 Å². The fourth-order valence-electron chi connectivity index (χ4n) is 2.29. The van der Waals surface area contributed by atoms with E-state index in [4.69, 9.17) is 0 Å². The van der Waals surface area contributed by atoms with Gasteiger partial charge in [-0.15, -0.1) is 0 Å². The van der Waals surface area contributed by atoms with Gasteiger partial charge < -0.3 is 9.88 Å². The molecule has 102 valence electrons. The lowest BCUT2D eigenvalue weighted by Crippen LogP contribution is -2.22. The molecule has 1 N–H and O–H groups in total. The van der Waals surface area contributed by atoms with Crippen molar-refractivity contribution >= 4 is 0 Å². The SMILES string of the molecule is CCn1ccnc1CC(NC)c1cc(C)nnc1C. The van der Waals surface area contributed by atoms with E-state index < -0.39 is 0 Å². The Morgan fingerprint density at radius 1 is 1.32 bits per heavy atom. The number of nitrogens with zero attached hydrogens (tertiary/aromatic N) is 4. The van der Waals surface area contributed by atoms with Gasteiger partial charge in [0, 0.05) is 31.4 Å². The van der Waals surface area contributed by atoms with Crippen molar-refractivity contribution in [3.05, 3.63) is 41.2 Å². The van der Waals surface area contributed by atoms with Gasteiger partial charge in [0.1, 0.15) is 5.82 Å². The molecule has 0 saturated heterocycles. The number of nitrogens with one attached hydrogen (secondary N) is 1. The number of hydrogen-bond acceptors (Lipinski definition) is 4. The van der Waals surface area contributed by atoms with Crippen LogP contribution in [0, 0.1) is 13.8 Å². The summed E-state index contributed by atoms with van der Waals surface area (Å²) in [6.45, 7) is 7.04. The summed E-state index contributed by atoms with van der Waals surface area (Å²) < 4.78 is 2.17. The zero-order valence-electron chi connectivity index (χ0n) is 12.0. The van der Waals surface area contributed by atoms with E-state index in [9.17, 15) is 0 Å². The molecule has 5 heteroatoms. The molecule has 0 aliphatic carbocycles. The molecule has 0 aliphatic heterocycles. The van der Waals surface area contributed by atoms with Gasteiger partial charge in [0.25, 0.3) is 0 Å². The summed E-state index contributed by atoms with van der Waals surface area (Å²) in [7, 11) is 1.97. The van der Waals surface area contributed by atoms with Gasteiger partial charge >= 0.3 is 0 Å². The lowest BCUT2D eigenvalue weighted by atomic mass is 10.0. The molecule has 5 nitrogen and oxygen atoms in total. The van der Waals surface area contributed by atoms with Crippen LogP contribution in [0.1, 0.15) is 35.7 Å². The average Bonchev–Trinajstić information content (AvgIpc) is 2.86. The molecule has 0 radical (unpaired) electrons.